The maximum Gasteiger partial charge on any atom is 0.341 e. The van der Waals surface area contributed by atoms with Crippen molar-refractivity contribution in [2.75, 3.05) is 32.1 Å². The molecule has 1 aromatic heterocycles. The fourth-order valence-corrected chi connectivity index (χ4v) is 6.30. The molecule has 4 heterocycles. The van der Waals surface area contributed by atoms with Crippen LogP contribution in [-0.4, -0.2) is 84.7 Å². The minimum Gasteiger partial charge on any atom is -0.492 e. The summed E-state index contributed by atoms with van der Waals surface area (Å²) in [6, 6.07) is 1.15. The third-order valence-corrected chi connectivity index (χ3v) is 8.28. The zero-order valence-corrected chi connectivity index (χ0v) is 25.1. The summed E-state index contributed by atoms with van der Waals surface area (Å²) < 4.78 is 53.2. The van der Waals surface area contributed by atoms with E-state index in [1.807, 2.05) is 27.7 Å². The minimum absolute atomic E-state index is 0.00690. The number of methoxy groups -OCH3 is 1. The lowest BCUT2D eigenvalue weighted by molar-refractivity contribution is -0.232. The number of benzene rings is 1. The van der Waals surface area contributed by atoms with E-state index in [0.29, 0.717) is 25.2 Å². The molecule has 0 amide bonds. The highest BCUT2D eigenvalue weighted by Gasteiger charge is 2.60. The first kappa shape index (κ1) is 30.2. The highest BCUT2D eigenvalue weighted by molar-refractivity contribution is 5.97. The average Bonchev–Trinajstić information content (AvgIpc) is 3.65. The van der Waals surface area contributed by atoms with Crippen LogP contribution in [0.25, 0.3) is 10.9 Å². The molecule has 236 valence electrons. The van der Waals surface area contributed by atoms with Gasteiger partial charge in [-0.05, 0) is 66.0 Å². The minimum atomic E-state index is -1.34. The predicted octanol–water partition coefficient (Wildman–Crippen LogP) is 3.36. The number of unbranched alkanes of at least 4 members (excludes halogenated alkanes) is 1. The number of rotatable bonds is 11. The van der Waals surface area contributed by atoms with Crippen molar-refractivity contribution < 1.29 is 42.7 Å². The van der Waals surface area contributed by atoms with Crippen molar-refractivity contribution in [1.29, 1.82) is 0 Å². The molecule has 13 heteroatoms. The van der Waals surface area contributed by atoms with Gasteiger partial charge in [-0.3, -0.25) is 4.79 Å². The summed E-state index contributed by atoms with van der Waals surface area (Å²) in [6.07, 6.45) is 2.76. The van der Waals surface area contributed by atoms with E-state index in [-0.39, 0.29) is 52.8 Å². The van der Waals surface area contributed by atoms with Crippen LogP contribution in [0.15, 0.2) is 17.1 Å². The lowest BCUT2D eigenvalue weighted by Crippen LogP contribution is -2.57. The molecule has 6 rings (SSSR count). The third kappa shape index (κ3) is 5.86. The molecule has 43 heavy (non-hydrogen) atoms. The van der Waals surface area contributed by atoms with E-state index < -0.39 is 35.1 Å². The smallest absolute Gasteiger partial charge is 0.341 e. The number of carbonyl (C=O) groups is 1. The lowest BCUT2D eigenvalue weighted by Gasteiger charge is -2.37. The number of carboxylic acid groups (broad SMARTS) is 1. The molecule has 4 aliphatic rings. The average molecular weight is 606 g/mol. The molecule has 1 aliphatic carbocycles. The number of anilines is 1. The Morgan fingerprint density at radius 2 is 1.74 bits per heavy atom. The quantitative estimate of drug-likeness (QED) is 0.325. The van der Waals surface area contributed by atoms with Crippen LogP contribution >= 0.6 is 0 Å². The number of pyridine rings is 1. The van der Waals surface area contributed by atoms with E-state index in [4.69, 9.17) is 28.4 Å². The second-order valence-corrected chi connectivity index (χ2v) is 12.5. The third-order valence-electron chi connectivity index (χ3n) is 8.28. The standard InChI is InChI=1S/C30H40FN3O9/c1-29(2)40-23-19(39-28-26(25(23)41-29)42-30(3,4)43-28)13-32-10-6-7-11-33-20-18(31)12-16-21(24(20)38-5)34(15-8-9-15)14-17(22(16)35)27(36)37/h12,14-15,19,23,25-26,28,32-33H,6-11,13H2,1-5H3,(H,36,37)/t19-,23+,25+,26-,28-/m1/s1. The molecule has 3 saturated heterocycles. The molecule has 4 fully saturated rings. The van der Waals surface area contributed by atoms with Gasteiger partial charge in [-0.2, -0.15) is 0 Å². The van der Waals surface area contributed by atoms with Gasteiger partial charge >= 0.3 is 5.97 Å². The van der Waals surface area contributed by atoms with Crippen LogP contribution in [0.1, 0.15) is 69.8 Å². The molecule has 0 unspecified atom stereocenters. The molecule has 5 atom stereocenters. The second-order valence-electron chi connectivity index (χ2n) is 12.5. The maximum absolute atomic E-state index is 15.3. The Bertz CT molecular complexity index is 1460. The van der Waals surface area contributed by atoms with E-state index in [2.05, 4.69) is 10.6 Å². The molecule has 0 bridgehead atoms. The Kier molecular flexibility index (Phi) is 7.93. The molecule has 3 aliphatic heterocycles. The number of ether oxygens (including phenoxy) is 6. The van der Waals surface area contributed by atoms with Crippen molar-refractivity contribution in [2.45, 2.75) is 102 Å². The number of halogens is 1. The Hall–Kier alpha value is -2.81. The van der Waals surface area contributed by atoms with Crippen molar-refractivity contribution in [3.8, 4) is 5.75 Å². The highest BCUT2D eigenvalue weighted by Crippen LogP contribution is 2.44. The summed E-state index contributed by atoms with van der Waals surface area (Å²) in [5.74, 6) is -3.34. The zero-order valence-electron chi connectivity index (χ0n) is 25.1. The second kappa shape index (κ2) is 11.3. The predicted molar refractivity (Wildman–Crippen MR) is 153 cm³/mol. The van der Waals surface area contributed by atoms with Crippen molar-refractivity contribution in [1.82, 2.24) is 9.88 Å². The number of aromatic carboxylic acids is 1. The topological polar surface area (TPSA) is 139 Å². The van der Waals surface area contributed by atoms with Gasteiger partial charge in [0.2, 0.25) is 5.43 Å². The summed E-state index contributed by atoms with van der Waals surface area (Å²) >= 11 is 0. The van der Waals surface area contributed by atoms with Crippen molar-refractivity contribution in [2.24, 2.45) is 0 Å². The van der Waals surface area contributed by atoms with E-state index in [1.165, 1.54) is 13.3 Å². The molecular weight excluding hydrogens is 565 g/mol. The van der Waals surface area contributed by atoms with Gasteiger partial charge in [-0.25, -0.2) is 9.18 Å². The number of nitrogens with zero attached hydrogens (tertiary/aromatic N) is 1. The Morgan fingerprint density at radius 1 is 1.07 bits per heavy atom. The fraction of sp³-hybridized carbons (Fsp3) is 0.667. The van der Waals surface area contributed by atoms with Gasteiger partial charge in [-0.1, -0.05) is 0 Å². The van der Waals surface area contributed by atoms with E-state index >= 15 is 4.39 Å². The van der Waals surface area contributed by atoms with Crippen LogP contribution in [0, 0.1) is 5.82 Å². The van der Waals surface area contributed by atoms with Gasteiger partial charge in [0, 0.05) is 25.3 Å². The summed E-state index contributed by atoms with van der Waals surface area (Å²) in [5, 5.41) is 16.1. The van der Waals surface area contributed by atoms with E-state index in [0.717, 1.165) is 31.7 Å². The maximum atomic E-state index is 15.3. The molecule has 1 aromatic carbocycles. The monoisotopic (exact) mass is 605 g/mol. The normalized spacial score (nSPS) is 28.9. The van der Waals surface area contributed by atoms with Gasteiger partial charge in [-0.15, -0.1) is 0 Å². The summed E-state index contributed by atoms with van der Waals surface area (Å²) in [5.41, 5.74) is -0.558. The molecule has 0 spiro atoms. The van der Waals surface area contributed by atoms with Gasteiger partial charge in [0.1, 0.15) is 35.7 Å². The molecule has 2 aromatic rings. The van der Waals surface area contributed by atoms with Crippen LogP contribution in [-0.2, 0) is 23.7 Å². The summed E-state index contributed by atoms with van der Waals surface area (Å²) in [6.45, 7) is 9.15. The zero-order chi connectivity index (χ0) is 30.7. The Balaban J connectivity index is 1.06. The van der Waals surface area contributed by atoms with Crippen LogP contribution < -0.4 is 20.8 Å². The van der Waals surface area contributed by atoms with Crippen LogP contribution in [0.5, 0.6) is 5.75 Å². The molecular formula is C30H40FN3O9. The number of fused-ring (bicyclic) bond motifs is 4. The largest absolute Gasteiger partial charge is 0.492 e. The van der Waals surface area contributed by atoms with Crippen molar-refractivity contribution in [3.05, 3.63) is 33.9 Å². The Morgan fingerprint density at radius 3 is 2.44 bits per heavy atom. The number of hydrogen-bond donors (Lipinski definition) is 3. The molecule has 1 saturated carbocycles. The van der Waals surface area contributed by atoms with E-state index in [1.54, 1.807) is 4.57 Å². The van der Waals surface area contributed by atoms with Gasteiger partial charge in [0.05, 0.1) is 18.0 Å². The van der Waals surface area contributed by atoms with Crippen molar-refractivity contribution >= 4 is 22.6 Å². The number of aromatic nitrogens is 1. The first-order chi connectivity index (χ1) is 20.4. The highest BCUT2D eigenvalue weighted by atomic mass is 19.1. The number of carboxylic acids is 1. The lowest BCUT2D eigenvalue weighted by atomic mass is 9.99. The number of hydrogen-bond acceptors (Lipinski definition) is 10. The first-order valence-corrected chi connectivity index (χ1v) is 14.9. The van der Waals surface area contributed by atoms with E-state index in [9.17, 15) is 14.7 Å². The summed E-state index contributed by atoms with van der Waals surface area (Å²) in [4.78, 5) is 24.5. The Labute approximate surface area is 248 Å². The molecule has 12 nitrogen and oxygen atoms in total. The first-order valence-electron chi connectivity index (χ1n) is 14.9. The van der Waals surface area contributed by atoms with Crippen LogP contribution in [0.4, 0.5) is 10.1 Å². The fourth-order valence-electron chi connectivity index (χ4n) is 6.30. The van der Waals surface area contributed by atoms with Gasteiger partial charge < -0.3 is 48.7 Å². The summed E-state index contributed by atoms with van der Waals surface area (Å²) in [7, 11) is 1.42. The van der Waals surface area contributed by atoms with Crippen LogP contribution in [0.2, 0.25) is 0 Å². The molecule has 0 radical (unpaired) electrons. The van der Waals surface area contributed by atoms with Crippen molar-refractivity contribution in [3.63, 3.8) is 0 Å². The number of nitrogens with one attached hydrogen (secondary N) is 2. The SMILES string of the molecule is COc1c(NCCCCNC[C@H]2O[C@@H]3OC(C)(C)O[C@@H]3[C@H]3OC(C)(C)O[C@H]32)c(F)cc2c(=O)c(C(=O)O)cn(C3CC3)c12. The van der Waals surface area contributed by atoms with Crippen LogP contribution in [0.3, 0.4) is 0 Å². The molecule has 3 N–H and O–H groups in total. The van der Waals surface area contributed by atoms with Gasteiger partial charge in [0.15, 0.2) is 29.4 Å². The van der Waals surface area contributed by atoms with Gasteiger partial charge in [0.25, 0.3) is 0 Å².